The van der Waals surface area contributed by atoms with E-state index in [4.69, 9.17) is 0 Å². The van der Waals surface area contributed by atoms with E-state index in [2.05, 4.69) is 4.98 Å². The second-order valence-electron chi connectivity index (χ2n) is 8.02. The van der Waals surface area contributed by atoms with Crippen LogP contribution in [0, 0.1) is 12.7 Å². The molecule has 1 aromatic heterocycles. The normalized spacial score (nSPS) is 20.1. The first-order valence-electron chi connectivity index (χ1n) is 9.71. The van der Waals surface area contributed by atoms with E-state index in [0.717, 1.165) is 43.2 Å². The summed E-state index contributed by atoms with van der Waals surface area (Å²) in [5, 5.41) is 0.753. The van der Waals surface area contributed by atoms with Gasteiger partial charge in [-0.3, -0.25) is 9.59 Å². The molecule has 1 saturated heterocycles. The number of piperidine rings is 1. The largest absolute Gasteiger partial charge is 0.348 e. The van der Waals surface area contributed by atoms with Crippen molar-refractivity contribution in [1.29, 1.82) is 0 Å². The molecule has 0 spiro atoms. The van der Waals surface area contributed by atoms with Gasteiger partial charge in [-0.05, 0) is 49.8 Å². The lowest BCUT2D eigenvalue weighted by Crippen LogP contribution is -2.37. The third-order valence-electron chi connectivity index (χ3n) is 6.04. The molecule has 1 aliphatic carbocycles. The molecule has 5 nitrogen and oxygen atoms in total. The van der Waals surface area contributed by atoms with Gasteiger partial charge >= 0.3 is 0 Å². The minimum Gasteiger partial charge on any atom is -0.348 e. The predicted molar refractivity (Wildman–Crippen MR) is 102 cm³/mol. The van der Waals surface area contributed by atoms with Crippen molar-refractivity contribution in [3.05, 3.63) is 34.8 Å². The fraction of sp³-hybridized carbons (Fsp3) is 0.524. The number of hydrogen-bond donors (Lipinski definition) is 1. The Hall–Kier alpha value is -2.37. The number of rotatable bonds is 3. The van der Waals surface area contributed by atoms with E-state index in [9.17, 15) is 9.59 Å². The number of aryl methyl sites for hydroxylation is 1. The highest BCUT2D eigenvalue weighted by Crippen LogP contribution is 2.35. The number of amides is 2. The number of likely N-dealkylation sites (tertiary alicyclic amines) is 1. The van der Waals surface area contributed by atoms with Gasteiger partial charge < -0.3 is 14.8 Å². The average Bonchev–Trinajstić information content (AvgIpc) is 3.41. The van der Waals surface area contributed by atoms with Crippen molar-refractivity contribution in [3.8, 4) is 0 Å². The van der Waals surface area contributed by atoms with E-state index in [1.807, 2.05) is 13.0 Å². The van der Waals surface area contributed by atoms with E-state index in [-0.39, 0.29) is 23.5 Å². The summed E-state index contributed by atoms with van der Waals surface area (Å²) < 4.78 is 15.4. The summed E-state index contributed by atoms with van der Waals surface area (Å²) in [7, 11) is 1.80. The van der Waals surface area contributed by atoms with Crippen molar-refractivity contribution in [2.24, 2.45) is 0 Å². The molecule has 1 unspecified atom stereocenters. The Kier molecular flexibility index (Phi) is 4.44. The van der Waals surface area contributed by atoms with Gasteiger partial charge in [0.25, 0.3) is 5.91 Å². The highest BCUT2D eigenvalue weighted by Gasteiger charge is 2.31. The first kappa shape index (κ1) is 18.0. The van der Waals surface area contributed by atoms with Crippen LogP contribution in [0.1, 0.15) is 60.1 Å². The lowest BCUT2D eigenvalue weighted by atomic mass is 9.88. The fourth-order valence-electron chi connectivity index (χ4n) is 4.20. The highest BCUT2D eigenvalue weighted by atomic mass is 19.1. The van der Waals surface area contributed by atoms with Crippen LogP contribution in [-0.4, -0.2) is 52.8 Å². The standard InChI is InChI=1S/C21H26FN3O2/c1-12-9-17(14-5-4-8-25(11-14)13(2)26)19(22)20-16(12)10-18(23-20)21(27)24(3)15-6-7-15/h9-10,14-15,23H,4-8,11H2,1-3H3. The van der Waals surface area contributed by atoms with Gasteiger partial charge in [0.2, 0.25) is 5.91 Å². The molecule has 1 atom stereocenters. The third-order valence-corrected chi connectivity index (χ3v) is 6.04. The summed E-state index contributed by atoms with van der Waals surface area (Å²) in [5.41, 5.74) is 2.43. The van der Waals surface area contributed by atoms with Gasteiger partial charge in [0.05, 0.1) is 5.52 Å². The van der Waals surface area contributed by atoms with Crippen LogP contribution in [0.4, 0.5) is 4.39 Å². The van der Waals surface area contributed by atoms with Crippen LogP contribution in [-0.2, 0) is 4.79 Å². The molecule has 2 heterocycles. The molecular formula is C21H26FN3O2. The Balaban J connectivity index is 1.70. The Morgan fingerprint density at radius 1 is 1.26 bits per heavy atom. The molecule has 2 amide bonds. The Morgan fingerprint density at radius 3 is 2.67 bits per heavy atom. The maximum Gasteiger partial charge on any atom is 0.270 e. The van der Waals surface area contributed by atoms with Crippen molar-refractivity contribution >= 4 is 22.7 Å². The van der Waals surface area contributed by atoms with Crippen LogP contribution in [0.2, 0.25) is 0 Å². The second-order valence-corrected chi connectivity index (χ2v) is 8.02. The zero-order chi connectivity index (χ0) is 19.3. The Morgan fingerprint density at radius 2 is 2.00 bits per heavy atom. The van der Waals surface area contributed by atoms with Crippen molar-refractivity contribution in [2.45, 2.75) is 51.5 Å². The van der Waals surface area contributed by atoms with E-state index in [1.54, 1.807) is 29.8 Å². The van der Waals surface area contributed by atoms with Gasteiger partial charge in [-0.1, -0.05) is 6.07 Å². The van der Waals surface area contributed by atoms with Gasteiger partial charge in [0.15, 0.2) is 5.82 Å². The van der Waals surface area contributed by atoms with Crippen LogP contribution >= 0.6 is 0 Å². The minimum atomic E-state index is -0.292. The lowest BCUT2D eigenvalue weighted by molar-refractivity contribution is -0.130. The summed E-state index contributed by atoms with van der Waals surface area (Å²) in [6.07, 6.45) is 3.81. The van der Waals surface area contributed by atoms with Crippen LogP contribution in [0.25, 0.3) is 10.9 Å². The molecule has 4 rings (SSSR count). The van der Waals surface area contributed by atoms with Crippen molar-refractivity contribution in [1.82, 2.24) is 14.8 Å². The van der Waals surface area contributed by atoms with Crippen molar-refractivity contribution < 1.29 is 14.0 Å². The quantitative estimate of drug-likeness (QED) is 0.897. The maximum atomic E-state index is 15.4. The summed E-state index contributed by atoms with van der Waals surface area (Å²) in [5.74, 6) is -0.357. The molecule has 27 heavy (non-hydrogen) atoms. The van der Waals surface area contributed by atoms with Gasteiger partial charge in [-0.2, -0.15) is 0 Å². The molecule has 2 aliphatic rings. The van der Waals surface area contributed by atoms with E-state index < -0.39 is 0 Å². The molecule has 0 bridgehead atoms. The third kappa shape index (κ3) is 3.22. The number of hydrogen-bond acceptors (Lipinski definition) is 2. The zero-order valence-corrected chi connectivity index (χ0v) is 16.1. The van der Waals surface area contributed by atoms with Crippen molar-refractivity contribution in [3.63, 3.8) is 0 Å². The maximum absolute atomic E-state index is 15.4. The lowest BCUT2D eigenvalue weighted by Gasteiger charge is -2.32. The number of carbonyl (C=O) groups excluding carboxylic acids is 2. The number of carbonyl (C=O) groups is 2. The zero-order valence-electron chi connectivity index (χ0n) is 16.1. The fourth-order valence-corrected chi connectivity index (χ4v) is 4.20. The number of nitrogens with zero attached hydrogens (tertiary/aromatic N) is 2. The molecule has 0 radical (unpaired) electrons. The molecule has 1 aliphatic heterocycles. The summed E-state index contributed by atoms with van der Waals surface area (Å²) in [6.45, 7) is 4.80. The van der Waals surface area contributed by atoms with E-state index >= 15 is 4.39 Å². The topological polar surface area (TPSA) is 56.4 Å². The summed E-state index contributed by atoms with van der Waals surface area (Å²) in [6, 6.07) is 3.96. The monoisotopic (exact) mass is 371 g/mol. The van der Waals surface area contributed by atoms with Crippen LogP contribution in [0.3, 0.4) is 0 Å². The first-order chi connectivity index (χ1) is 12.9. The Labute approximate surface area is 158 Å². The first-order valence-corrected chi connectivity index (χ1v) is 9.71. The smallest absolute Gasteiger partial charge is 0.270 e. The number of H-pyrrole nitrogens is 1. The van der Waals surface area contributed by atoms with E-state index in [1.165, 1.54) is 0 Å². The number of benzene rings is 1. The number of aromatic amines is 1. The highest BCUT2D eigenvalue weighted by molar-refractivity contribution is 5.99. The Bertz CT molecular complexity index is 916. The van der Waals surface area contributed by atoms with Crippen molar-refractivity contribution in [2.75, 3.05) is 20.1 Å². The van der Waals surface area contributed by atoms with Gasteiger partial charge in [-0.25, -0.2) is 4.39 Å². The van der Waals surface area contributed by atoms with E-state index in [0.29, 0.717) is 29.4 Å². The average molecular weight is 371 g/mol. The van der Waals surface area contributed by atoms with Crippen LogP contribution < -0.4 is 0 Å². The molecule has 1 N–H and O–H groups in total. The molecule has 144 valence electrons. The van der Waals surface area contributed by atoms with Gasteiger partial charge in [0, 0.05) is 44.4 Å². The number of fused-ring (bicyclic) bond motifs is 1. The van der Waals surface area contributed by atoms with Crippen LogP contribution in [0.15, 0.2) is 12.1 Å². The molecular weight excluding hydrogens is 345 g/mol. The summed E-state index contributed by atoms with van der Waals surface area (Å²) in [4.78, 5) is 30.9. The molecule has 6 heteroatoms. The number of halogens is 1. The molecule has 2 aromatic rings. The second kappa shape index (κ2) is 6.66. The number of aromatic nitrogens is 1. The molecule has 1 saturated carbocycles. The van der Waals surface area contributed by atoms with Gasteiger partial charge in [-0.15, -0.1) is 0 Å². The SMILES string of the molecule is CC(=O)N1CCCC(c2cc(C)c3cc(C(=O)N(C)C4CC4)[nH]c3c2F)C1. The predicted octanol–water partition coefficient (Wildman–Crippen LogP) is 3.58. The molecule has 2 fully saturated rings. The number of nitrogens with one attached hydrogen (secondary N) is 1. The summed E-state index contributed by atoms with van der Waals surface area (Å²) >= 11 is 0. The minimum absolute atomic E-state index is 0.0117. The molecule has 1 aromatic carbocycles. The van der Waals surface area contributed by atoms with Crippen LogP contribution in [0.5, 0.6) is 0 Å². The van der Waals surface area contributed by atoms with Gasteiger partial charge in [0.1, 0.15) is 5.69 Å².